The highest BCUT2D eigenvalue weighted by Crippen LogP contribution is 2.29. The van der Waals surface area contributed by atoms with Crippen molar-refractivity contribution in [3.05, 3.63) is 84.4 Å². The Morgan fingerprint density at radius 3 is 1.96 bits per heavy atom. The number of para-hydroxylation sites is 2. The lowest BCUT2D eigenvalue weighted by Crippen LogP contribution is -2.01. The van der Waals surface area contributed by atoms with Crippen LogP contribution in [0.3, 0.4) is 0 Å². The normalized spacial score (nSPS) is 11.2. The molecule has 3 heteroatoms. The van der Waals surface area contributed by atoms with Gasteiger partial charge < -0.3 is 4.57 Å². The molecule has 25 heavy (non-hydrogen) atoms. The van der Waals surface area contributed by atoms with E-state index in [0.717, 1.165) is 24.3 Å². The standard InChI is InChI=1S/C22H19NOS/c24-22(17-9-2-1-3-10-17)25-16-8-15-23-20-13-6-4-11-18(20)19-12-5-7-14-21(19)23/h1-7,9-14H,8,15-16H2. The molecule has 0 saturated heterocycles. The second kappa shape index (κ2) is 7.16. The molecule has 4 aromatic rings. The third-order valence-corrected chi connectivity index (χ3v) is 5.44. The highest BCUT2D eigenvalue weighted by molar-refractivity contribution is 8.14. The van der Waals surface area contributed by atoms with Crippen LogP contribution in [0.1, 0.15) is 16.8 Å². The van der Waals surface area contributed by atoms with E-state index >= 15 is 0 Å². The van der Waals surface area contributed by atoms with Gasteiger partial charge in [0.1, 0.15) is 0 Å². The van der Waals surface area contributed by atoms with Crippen molar-refractivity contribution in [1.29, 1.82) is 0 Å². The van der Waals surface area contributed by atoms with Crippen molar-refractivity contribution in [1.82, 2.24) is 4.57 Å². The summed E-state index contributed by atoms with van der Waals surface area (Å²) in [4.78, 5) is 12.2. The summed E-state index contributed by atoms with van der Waals surface area (Å²) >= 11 is 1.41. The van der Waals surface area contributed by atoms with Crippen molar-refractivity contribution in [3.8, 4) is 0 Å². The van der Waals surface area contributed by atoms with Gasteiger partial charge >= 0.3 is 0 Å². The summed E-state index contributed by atoms with van der Waals surface area (Å²) in [6.45, 7) is 0.920. The molecule has 0 unspecified atom stereocenters. The summed E-state index contributed by atoms with van der Waals surface area (Å²) in [7, 11) is 0. The Bertz CT molecular complexity index is 967. The third kappa shape index (κ3) is 3.20. The summed E-state index contributed by atoms with van der Waals surface area (Å²) in [6, 6.07) is 26.6. The van der Waals surface area contributed by atoms with E-state index in [1.807, 2.05) is 30.3 Å². The maximum atomic E-state index is 12.2. The predicted molar refractivity (Wildman–Crippen MR) is 107 cm³/mol. The Morgan fingerprint density at radius 1 is 0.760 bits per heavy atom. The molecular weight excluding hydrogens is 326 g/mol. The predicted octanol–water partition coefficient (Wildman–Crippen LogP) is 5.76. The minimum absolute atomic E-state index is 0.155. The van der Waals surface area contributed by atoms with Gasteiger partial charge in [-0.25, -0.2) is 0 Å². The Labute approximate surface area is 151 Å². The molecule has 4 rings (SSSR count). The van der Waals surface area contributed by atoms with Crippen molar-refractivity contribution in [2.24, 2.45) is 0 Å². The van der Waals surface area contributed by atoms with Crippen LogP contribution in [0.2, 0.25) is 0 Å². The highest BCUT2D eigenvalue weighted by Gasteiger charge is 2.10. The molecule has 124 valence electrons. The van der Waals surface area contributed by atoms with Crippen LogP contribution in [0.5, 0.6) is 0 Å². The smallest absolute Gasteiger partial charge is 0.219 e. The van der Waals surface area contributed by atoms with Crippen LogP contribution in [0, 0.1) is 0 Å². The van der Waals surface area contributed by atoms with Gasteiger partial charge in [0.15, 0.2) is 0 Å². The molecule has 0 N–H and O–H groups in total. The molecule has 2 nitrogen and oxygen atoms in total. The summed E-state index contributed by atoms with van der Waals surface area (Å²) in [6.07, 6.45) is 0.964. The molecule has 0 saturated carbocycles. The Kier molecular flexibility index (Phi) is 4.57. The quantitative estimate of drug-likeness (QED) is 0.429. The second-order valence-electron chi connectivity index (χ2n) is 6.04. The van der Waals surface area contributed by atoms with Gasteiger partial charge in [-0.05, 0) is 18.6 Å². The number of carbonyl (C=O) groups is 1. The molecule has 0 aliphatic carbocycles. The van der Waals surface area contributed by atoms with Gasteiger partial charge in [0.05, 0.1) is 0 Å². The number of hydrogen-bond acceptors (Lipinski definition) is 2. The zero-order chi connectivity index (χ0) is 17.1. The number of carbonyl (C=O) groups excluding carboxylic acids is 1. The van der Waals surface area contributed by atoms with Crippen LogP contribution < -0.4 is 0 Å². The Morgan fingerprint density at radius 2 is 1.32 bits per heavy atom. The van der Waals surface area contributed by atoms with E-state index in [1.165, 1.54) is 33.6 Å². The lowest BCUT2D eigenvalue weighted by Gasteiger charge is -2.07. The van der Waals surface area contributed by atoms with Crippen LogP contribution in [-0.4, -0.2) is 15.4 Å². The molecule has 0 fully saturated rings. The molecule has 1 heterocycles. The van der Waals surface area contributed by atoms with Crippen LogP contribution in [-0.2, 0) is 6.54 Å². The molecular formula is C22H19NOS. The van der Waals surface area contributed by atoms with Gasteiger partial charge in [-0.15, -0.1) is 0 Å². The summed E-state index contributed by atoms with van der Waals surface area (Å²) in [5, 5.41) is 2.75. The largest absolute Gasteiger partial charge is 0.340 e. The monoisotopic (exact) mass is 345 g/mol. The fourth-order valence-corrected chi connectivity index (χ4v) is 4.05. The van der Waals surface area contributed by atoms with Crippen LogP contribution in [0.25, 0.3) is 21.8 Å². The third-order valence-electron chi connectivity index (χ3n) is 4.45. The first-order valence-corrected chi connectivity index (χ1v) is 9.51. The Balaban J connectivity index is 1.48. The van der Waals surface area contributed by atoms with Gasteiger partial charge in [-0.1, -0.05) is 78.5 Å². The first kappa shape index (κ1) is 16.0. The number of thioether (sulfide) groups is 1. The number of aryl methyl sites for hydroxylation is 1. The minimum Gasteiger partial charge on any atom is -0.340 e. The van der Waals surface area contributed by atoms with Crippen LogP contribution in [0.15, 0.2) is 78.9 Å². The van der Waals surface area contributed by atoms with Gasteiger partial charge in [0.2, 0.25) is 5.12 Å². The number of hydrogen-bond donors (Lipinski definition) is 0. The average molecular weight is 345 g/mol. The molecule has 0 bridgehead atoms. The molecule has 0 atom stereocenters. The number of aromatic nitrogens is 1. The molecule has 0 aliphatic rings. The number of nitrogens with zero attached hydrogens (tertiary/aromatic N) is 1. The zero-order valence-corrected chi connectivity index (χ0v) is 14.7. The number of benzene rings is 3. The van der Waals surface area contributed by atoms with Gasteiger partial charge in [-0.3, -0.25) is 4.79 Å². The maximum Gasteiger partial charge on any atom is 0.219 e. The topological polar surface area (TPSA) is 22.0 Å². The molecule has 0 amide bonds. The molecule has 0 aliphatic heterocycles. The molecule has 0 spiro atoms. The van der Waals surface area contributed by atoms with E-state index in [-0.39, 0.29) is 5.12 Å². The van der Waals surface area contributed by atoms with Crippen molar-refractivity contribution < 1.29 is 4.79 Å². The fourth-order valence-electron chi connectivity index (χ4n) is 3.29. The van der Waals surface area contributed by atoms with E-state index in [9.17, 15) is 4.79 Å². The molecule has 0 radical (unpaired) electrons. The van der Waals surface area contributed by atoms with Gasteiger partial charge in [-0.2, -0.15) is 0 Å². The molecule has 1 aromatic heterocycles. The zero-order valence-electron chi connectivity index (χ0n) is 13.9. The summed E-state index contributed by atoms with van der Waals surface area (Å²) < 4.78 is 2.37. The van der Waals surface area contributed by atoms with Gasteiger partial charge in [0, 0.05) is 39.7 Å². The number of fused-ring (bicyclic) bond motifs is 3. The maximum absolute atomic E-state index is 12.2. The number of rotatable bonds is 5. The minimum atomic E-state index is 0.155. The second-order valence-corrected chi connectivity index (χ2v) is 7.11. The first-order valence-electron chi connectivity index (χ1n) is 8.53. The van der Waals surface area contributed by atoms with E-state index in [4.69, 9.17) is 0 Å². The Hall–Kier alpha value is -2.52. The van der Waals surface area contributed by atoms with E-state index < -0.39 is 0 Å². The lowest BCUT2D eigenvalue weighted by atomic mass is 10.2. The van der Waals surface area contributed by atoms with Gasteiger partial charge in [0.25, 0.3) is 0 Å². The fraction of sp³-hybridized carbons (Fsp3) is 0.136. The first-order chi connectivity index (χ1) is 12.3. The SMILES string of the molecule is O=C(SCCCn1c2ccccc2c2ccccc21)c1ccccc1. The summed E-state index contributed by atoms with van der Waals surface area (Å²) in [5.41, 5.74) is 3.32. The van der Waals surface area contributed by atoms with Crippen molar-refractivity contribution in [2.75, 3.05) is 5.75 Å². The van der Waals surface area contributed by atoms with Crippen molar-refractivity contribution in [3.63, 3.8) is 0 Å². The molecule has 3 aromatic carbocycles. The van der Waals surface area contributed by atoms with E-state index in [0.29, 0.717) is 0 Å². The lowest BCUT2D eigenvalue weighted by molar-refractivity contribution is 0.108. The average Bonchev–Trinajstić information content (AvgIpc) is 3.00. The van der Waals surface area contributed by atoms with Crippen LogP contribution in [0.4, 0.5) is 0 Å². The van der Waals surface area contributed by atoms with Crippen molar-refractivity contribution in [2.45, 2.75) is 13.0 Å². The van der Waals surface area contributed by atoms with Crippen LogP contribution >= 0.6 is 11.8 Å². The summed E-state index contributed by atoms with van der Waals surface area (Å²) in [5.74, 6) is 0.828. The van der Waals surface area contributed by atoms with E-state index in [1.54, 1.807) is 0 Å². The highest BCUT2D eigenvalue weighted by atomic mass is 32.2. The van der Waals surface area contributed by atoms with E-state index in [2.05, 4.69) is 53.1 Å². The van der Waals surface area contributed by atoms with Crippen molar-refractivity contribution >= 4 is 38.7 Å².